The minimum absolute atomic E-state index is 0. The zero-order valence-electron chi connectivity index (χ0n) is 15.5. The molecule has 1 amide bonds. The van der Waals surface area contributed by atoms with Crippen LogP contribution in [0.3, 0.4) is 0 Å². The van der Waals surface area contributed by atoms with Gasteiger partial charge in [-0.2, -0.15) is 0 Å². The van der Waals surface area contributed by atoms with Gasteiger partial charge in [0, 0.05) is 45.5 Å². The molecule has 6 nitrogen and oxygen atoms in total. The summed E-state index contributed by atoms with van der Waals surface area (Å²) in [7, 11) is 3.40. The van der Waals surface area contributed by atoms with Crippen molar-refractivity contribution in [2.24, 2.45) is 4.99 Å². The van der Waals surface area contributed by atoms with Crippen LogP contribution in [0.5, 0.6) is 0 Å². The summed E-state index contributed by atoms with van der Waals surface area (Å²) in [6.45, 7) is 5.86. The predicted molar refractivity (Wildman–Crippen MR) is 120 cm³/mol. The van der Waals surface area contributed by atoms with Crippen molar-refractivity contribution in [3.05, 3.63) is 41.7 Å². The Labute approximate surface area is 181 Å². The van der Waals surface area contributed by atoms with Gasteiger partial charge in [0.05, 0.1) is 5.02 Å². The molecule has 150 valence electrons. The number of carbonyl (C=O) groups excluding carboxylic acids is 1. The monoisotopic (exact) mass is 509 g/mol. The van der Waals surface area contributed by atoms with Crippen LogP contribution in [0.15, 0.2) is 35.8 Å². The van der Waals surface area contributed by atoms with E-state index in [1.807, 2.05) is 0 Å². The molecule has 0 spiro atoms. The summed E-state index contributed by atoms with van der Waals surface area (Å²) in [4.78, 5) is 19.7. The molecule has 0 aromatic heterocycles. The van der Waals surface area contributed by atoms with E-state index in [-0.39, 0.29) is 47.5 Å². The summed E-state index contributed by atoms with van der Waals surface area (Å²) in [5, 5.41) is 6.59. The minimum atomic E-state index is -0.419. The van der Waals surface area contributed by atoms with E-state index in [4.69, 9.17) is 11.6 Å². The highest BCUT2D eigenvalue weighted by Crippen LogP contribution is 2.25. The van der Waals surface area contributed by atoms with Crippen LogP contribution in [0.2, 0.25) is 5.02 Å². The van der Waals surface area contributed by atoms with Crippen LogP contribution in [0.25, 0.3) is 0 Å². The van der Waals surface area contributed by atoms with Crippen molar-refractivity contribution in [2.45, 2.75) is 12.5 Å². The summed E-state index contributed by atoms with van der Waals surface area (Å²) in [5.74, 6) is 0.0840. The first-order valence-electron chi connectivity index (χ1n) is 8.46. The molecule has 1 heterocycles. The highest BCUT2D eigenvalue weighted by Gasteiger charge is 2.24. The van der Waals surface area contributed by atoms with E-state index in [0.29, 0.717) is 12.5 Å². The number of nitrogens with one attached hydrogen (secondary N) is 2. The van der Waals surface area contributed by atoms with Gasteiger partial charge in [0.2, 0.25) is 5.91 Å². The Hall–Kier alpha value is -1.55. The van der Waals surface area contributed by atoms with Crippen molar-refractivity contribution < 1.29 is 9.18 Å². The fraction of sp³-hybridized carbons (Fsp3) is 0.444. The third-order valence-electron chi connectivity index (χ3n) is 4.08. The molecule has 1 aliphatic rings. The molecule has 1 fully saturated rings. The Morgan fingerprint density at radius 2 is 2.26 bits per heavy atom. The molecule has 1 unspecified atom stereocenters. The van der Waals surface area contributed by atoms with Crippen LogP contribution in [-0.2, 0) is 4.79 Å². The predicted octanol–water partition coefficient (Wildman–Crippen LogP) is 2.49. The van der Waals surface area contributed by atoms with Gasteiger partial charge in [-0.25, -0.2) is 9.38 Å². The van der Waals surface area contributed by atoms with Crippen LogP contribution in [0.1, 0.15) is 6.42 Å². The number of anilines is 1. The third-order valence-corrected chi connectivity index (χ3v) is 4.37. The molecular formula is C18H26ClFIN5O. The normalized spacial score (nSPS) is 16.5. The zero-order chi connectivity index (χ0) is 19.1. The van der Waals surface area contributed by atoms with Crippen molar-refractivity contribution in [1.29, 1.82) is 0 Å². The minimum Gasteiger partial charge on any atom is -0.369 e. The van der Waals surface area contributed by atoms with Crippen LogP contribution >= 0.6 is 35.6 Å². The number of hydrogen-bond acceptors (Lipinski definition) is 3. The number of benzene rings is 1. The van der Waals surface area contributed by atoms with Crippen LogP contribution < -0.4 is 15.5 Å². The molecule has 2 N–H and O–H groups in total. The lowest BCUT2D eigenvalue weighted by molar-refractivity contribution is -0.127. The smallest absolute Gasteiger partial charge is 0.243 e. The molecule has 0 aliphatic carbocycles. The van der Waals surface area contributed by atoms with E-state index in [1.165, 1.54) is 11.0 Å². The summed E-state index contributed by atoms with van der Waals surface area (Å²) in [6.07, 6.45) is 2.62. The quantitative estimate of drug-likeness (QED) is 0.268. The Morgan fingerprint density at radius 3 is 2.89 bits per heavy atom. The molecular weight excluding hydrogens is 484 g/mol. The molecule has 1 aromatic rings. The fourth-order valence-electron chi connectivity index (χ4n) is 2.60. The third kappa shape index (κ3) is 7.17. The molecule has 1 atom stereocenters. The molecule has 1 saturated heterocycles. The van der Waals surface area contributed by atoms with Gasteiger partial charge >= 0.3 is 0 Å². The van der Waals surface area contributed by atoms with Crippen LogP contribution in [0.4, 0.5) is 10.1 Å². The summed E-state index contributed by atoms with van der Waals surface area (Å²) < 4.78 is 13.3. The van der Waals surface area contributed by atoms with E-state index in [1.54, 1.807) is 32.3 Å². The second-order valence-electron chi connectivity index (χ2n) is 6.30. The van der Waals surface area contributed by atoms with Gasteiger partial charge in [0.1, 0.15) is 12.4 Å². The highest BCUT2D eigenvalue weighted by molar-refractivity contribution is 14.0. The standard InChI is InChI=1S/C18H25ClFN5O.HI/c1-4-8-21-18(22-11-17(26)24(2)3)23-13-7-9-25(12-13)14-5-6-16(20)15(19)10-14;/h4-6,10,13H,1,7-9,11-12H2,2-3H3,(H2,21,22,23);1H. The molecule has 27 heavy (non-hydrogen) atoms. The molecule has 0 radical (unpaired) electrons. The SMILES string of the molecule is C=CCNC(=NCC(=O)N(C)C)NC1CCN(c2ccc(F)c(Cl)c2)C1.I. The largest absolute Gasteiger partial charge is 0.369 e. The Morgan fingerprint density at radius 1 is 1.52 bits per heavy atom. The van der Waals surface area contributed by atoms with Gasteiger partial charge in [0.25, 0.3) is 0 Å². The first-order chi connectivity index (χ1) is 12.4. The van der Waals surface area contributed by atoms with E-state index < -0.39 is 5.82 Å². The average molecular weight is 510 g/mol. The highest BCUT2D eigenvalue weighted by atomic mass is 127. The number of guanidine groups is 1. The maximum atomic E-state index is 13.3. The molecule has 1 aliphatic heterocycles. The molecule has 0 saturated carbocycles. The second kappa shape index (κ2) is 11.3. The van der Waals surface area contributed by atoms with Crippen molar-refractivity contribution in [3.8, 4) is 0 Å². The maximum absolute atomic E-state index is 13.3. The van der Waals surface area contributed by atoms with Crippen LogP contribution in [-0.4, -0.2) is 63.1 Å². The summed E-state index contributed by atoms with van der Waals surface area (Å²) in [6, 6.07) is 4.90. The molecule has 2 rings (SSSR count). The lowest BCUT2D eigenvalue weighted by Gasteiger charge is -2.21. The summed E-state index contributed by atoms with van der Waals surface area (Å²) in [5.41, 5.74) is 0.890. The first kappa shape index (κ1) is 23.5. The molecule has 1 aromatic carbocycles. The number of nitrogens with zero attached hydrogens (tertiary/aromatic N) is 3. The van der Waals surface area contributed by atoms with Crippen molar-refractivity contribution >= 4 is 53.1 Å². The first-order valence-corrected chi connectivity index (χ1v) is 8.84. The van der Waals surface area contributed by atoms with Crippen molar-refractivity contribution in [2.75, 3.05) is 45.2 Å². The maximum Gasteiger partial charge on any atom is 0.243 e. The van der Waals surface area contributed by atoms with Gasteiger partial charge in [-0.3, -0.25) is 4.79 Å². The number of halogens is 3. The number of amides is 1. The second-order valence-corrected chi connectivity index (χ2v) is 6.70. The van der Waals surface area contributed by atoms with E-state index in [9.17, 15) is 9.18 Å². The van der Waals surface area contributed by atoms with Crippen molar-refractivity contribution in [1.82, 2.24) is 15.5 Å². The van der Waals surface area contributed by atoms with Crippen LogP contribution in [0, 0.1) is 5.82 Å². The Bertz CT molecular complexity index is 686. The van der Waals surface area contributed by atoms with E-state index in [0.717, 1.165) is 25.2 Å². The van der Waals surface area contributed by atoms with E-state index >= 15 is 0 Å². The zero-order valence-corrected chi connectivity index (χ0v) is 18.6. The van der Waals surface area contributed by atoms with Gasteiger partial charge in [-0.15, -0.1) is 30.6 Å². The Kier molecular flexibility index (Phi) is 9.86. The fourth-order valence-corrected chi connectivity index (χ4v) is 2.77. The summed E-state index contributed by atoms with van der Waals surface area (Å²) >= 11 is 5.87. The topological polar surface area (TPSA) is 60.0 Å². The lowest BCUT2D eigenvalue weighted by atomic mass is 10.2. The number of aliphatic imine (C=N–C) groups is 1. The van der Waals surface area contributed by atoms with Gasteiger partial charge in [-0.1, -0.05) is 17.7 Å². The van der Waals surface area contributed by atoms with Gasteiger partial charge in [-0.05, 0) is 24.6 Å². The number of likely N-dealkylation sites (N-methyl/N-ethyl adjacent to an activating group) is 1. The molecule has 9 heteroatoms. The van der Waals surface area contributed by atoms with Gasteiger partial charge in [0.15, 0.2) is 5.96 Å². The number of carbonyl (C=O) groups is 1. The average Bonchev–Trinajstić information content (AvgIpc) is 3.07. The molecule has 0 bridgehead atoms. The van der Waals surface area contributed by atoms with Gasteiger partial charge < -0.3 is 20.4 Å². The Balaban J connectivity index is 0.00000364. The lowest BCUT2D eigenvalue weighted by Crippen LogP contribution is -2.45. The van der Waals surface area contributed by atoms with Crippen molar-refractivity contribution in [3.63, 3.8) is 0 Å². The van der Waals surface area contributed by atoms with E-state index in [2.05, 4.69) is 27.1 Å². The number of rotatable bonds is 6. The number of hydrogen-bond donors (Lipinski definition) is 2.